The van der Waals surface area contributed by atoms with Crippen molar-refractivity contribution in [1.82, 2.24) is 14.7 Å². The van der Waals surface area contributed by atoms with Gasteiger partial charge in [0.15, 0.2) is 0 Å². The fourth-order valence-corrected chi connectivity index (χ4v) is 3.41. The molecule has 2 rings (SSSR count). The lowest BCUT2D eigenvalue weighted by Crippen LogP contribution is -2.54. The van der Waals surface area contributed by atoms with Crippen molar-refractivity contribution in [3.05, 3.63) is 0 Å². The summed E-state index contributed by atoms with van der Waals surface area (Å²) in [6.07, 6.45) is 0. The van der Waals surface area contributed by atoms with Gasteiger partial charge in [0.05, 0.1) is 5.88 Å². The lowest BCUT2D eigenvalue weighted by atomic mass is 10.3. The highest BCUT2D eigenvalue weighted by Gasteiger charge is 2.37. The summed E-state index contributed by atoms with van der Waals surface area (Å²) in [5.41, 5.74) is 0. The van der Waals surface area contributed by atoms with Crippen molar-refractivity contribution in [3.8, 4) is 0 Å². The van der Waals surface area contributed by atoms with Crippen LogP contribution in [0.3, 0.4) is 0 Å². The van der Waals surface area contributed by atoms with Crippen molar-refractivity contribution in [2.75, 3.05) is 44.4 Å². The molecule has 0 aromatic heterocycles. The van der Waals surface area contributed by atoms with Gasteiger partial charge < -0.3 is 19.8 Å². The van der Waals surface area contributed by atoms with Gasteiger partial charge in [0, 0.05) is 31.9 Å². The summed E-state index contributed by atoms with van der Waals surface area (Å²) in [6.45, 7) is 6.25. The third-order valence-electron chi connectivity index (χ3n) is 3.50. The Morgan fingerprint density at radius 3 is 2.50 bits per heavy atom. The van der Waals surface area contributed by atoms with Gasteiger partial charge in [-0.15, -0.1) is 11.8 Å². The van der Waals surface area contributed by atoms with Gasteiger partial charge >= 0.3 is 12.0 Å². The number of hydrogen-bond acceptors (Lipinski definition) is 4. The Labute approximate surface area is 111 Å². The van der Waals surface area contributed by atoms with Crippen molar-refractivity contribution >= 4 is 23.8 Å². The number of urea groups is 1. The second-order valence-electron chi connectivity index (χ2n) is 4.53. The standard InChI is InChI=1S/C11H19N3O3S/c1-2-12-3-5-13(6-4-12)11(17)14-8-18-7-9(14)10(15)16/h9H,2-8H2,1H3,(H,15,16). The first-order valence-electron chi connectivity index (χ1n) is 6.22. The number of thioether (sulfide) groups is 1. The van der Waals surface area contributed by atoms with Gasteiger partial charge in [-0.1, -0.05) is 6.92 Å². The Morgan fingerprint density at radius 2 is 1.94 bits per heavy atom. The number of carbonyl (C=O) groups is 2. The number of carboxylic acids is 1. The highest BCUT2D eigenvalue weighted by atomic mass is 32.2. The van der Waals surface area contributed by atoms with Crippen LogP contribution in [-0.2, 0) is 4.79 Å². The SMILES string of the molecule is CCN1CCN(C(=O)N2CSCC2C(=O)O)CC1. The van der Waals surface area contributed by atoms with E-state index in [1.54, 1.807) is 4.90 Å². The van der Waals surface area contributed by atoms with Crippen LogP contribution in [0.2, 0.25) is 0 Å². The summed E-state index contributed by atoms with van der Waals surface area (Å²) in [4.78, 5) is 28.9. The van der Waals surface area contributed by atoms with E-state index in [-0.39, 0.29) is 6.03 Å². The molecule has 2 aliphatic rings. The maximum atomic E-state index is 12.3. The lowest BCUT2D eigenvalue weighted by molar-refractivity contribution is -0.141. The average Bonchev–Trinajstić information content (AvgIpc) is 2.87. The summed E-state index contributed by atoms with van der Waals surface area (Å²) >= 11 is 1.50. The van der Waals surface area contributed by atoms with Crippen molar-refractivity contribution < 1.29 is 14.7 Å². The fourth-order valence-electron chi connectivity index (χ4n) is 2.27. The summed E-state index contributed by atoms with van der Waals surface area (Å²) in [5, 5.41) is 9.08. The van der Waals surface area contributed by atoms with E-state index in [4.69, 9.17) is 5.11 Å². The smallest absolute Gasteiger partial charge is 0.327 e. The van der Waals surface area contributed by atoms with E-state index in [2.05, 4.69) is 11.8 Å². The number of hydrogen-bond donors (Lipinski definition) is 1. The second-order valence-corrected chi connectivity index (χ2v) is 5.53. The van der Waals surface area contributed by atoms with Crippen LogP contribution in [0, 0.1) is 0 Å². The summed E-state index contributed by atoms with van der Waals surface area (Å²) in [6, 6.07) is -0.783. The average molecular weight is 273 g/mol. The third-order valence-corrected chi connectivity index (χ3v) is 4.52. The van der Waals surface area contributed by atoms with Crippen LogP contribution in [0.15, 0.2) is 0 Å². The first-order chi connectivity index (χ1) is 8.63. The molecule has 102 valence electrons. The quantitative estimate of drug-likeness (QED) is 0.779. The van der Waals surface area contributed by atoms with Crippen molar-refractivity contribution in [2.24, 2.45) is 0 Å². The number of carbonyl (C=O) groups excluding carboxylic acids is 1. The highest BCUT2D eigenvalue weighted by Crippen LogP contribution is 2.22. The molecule has 0 saturated carbocycles. The van der Waals surface area contributed by atoms with Gasteiger partial charge in [0.1, 0.15) is 6.04 Å². The number of aliphatic carboxylic acids is 1. The van der Waals surface area contributed by atoms with Gasteiger partial charge in [0.2, 0.25) is 0 Å². The maximum absolute atomic E-state index is 12.3. The molecule has 0 aromatic carbocycles. The topological polar surface area (TPSA) is 64.1 Å². The van der Waals surface area contributed by atoms with Crippen LogP contribution in [0.4, 0.5) is 4.79 Å². The molecular formula is C11H19N3O3S. The van der Waals surface area contributed by atoms with Gasteiger partial charge in [-0.2, -0.15) is 0 Å². The molecule has 2 saturated heterocycles. The molecule has 2 aliphatic heterocycles. The first kappa shape index (κ1) is 13.5. The number of nitrogens with zero attached hydrogens (tertiary/aromatic N) is 3. The van der Waals surface area contributed by atoms with E-state index in [1.807, 2.05) is 0 Å². The number of amides is 2. The monoisotopic (exact) mass is 273 g/mol. The van der Waals surface area contributed by atoms with Crippen molar-refractivity contribution in [2.45, 2.75) is 13.0 Å². The molecule has 0 radical (unpaired) electrons. The third kappa shape index (κ3) is 2.72. The molecule has 6 nitrogen and oxygen atoms in total. The summed E-state index contributed by atoms with van der Waals surface area (Å²) in [5.74, 6) is 0.0836. The number of rotatable bonds is 2. The number of likely N-dealkylation sites (N-methyl/N-ethyl adjacent to an activating group) is 1. The highest BCUT2D eigenvalue weighted by molar-refractivity contribution is 7.99. The molecule has 0 aromatic rings. The van der Waals surface area contributed by atoms with Gasteiger partial charge in [-0.25, -0.2) is 9.59 Å². The second kappa shape index (κ2) is 5.79. The van der Waals surface area contributed by atoms with Crippen LogP contribution in [0.5, 0.6) is 0 Å². The van der Waals surface area contributed by atoms with Gasteiger partial charge in [-0.3, -0.25) is 0 Å². The van der Waals surface area contributed by atoms with Crippen LogP contribution in [0.1, 0.15) is 6.92 Å². The molecule has 18 heavy (non-hydrogen) atoms. The molecule has 7 heteroatoms. The Bertz CT molecular complexity index is 331. The zero-order valence-corrected chi connectivity index (χ0v) is 11.4. The Morgan fingerprint density at radius 1 is 1.28 bits per heavy atom. The number of carboxylic acid groups (broad SMARTS) is 1. The summed E-state index contributed by atoms with van der Waals surface area (Å²) in [7, 11) is 0. The molecule has 0 spiro atoms. The molecular weight excluding hydrogens is 254 g/mol. The normalized spacial score (nSPS) is 25.5. The van der Waals surface area contributed by atoms with Crippen molar-refractivity contribution in [3.63, 3.8) is 0 Å². The molecule has 1 N–H and O–H groups in total. The lowest BCUT2D eigenvalue weighted by Gasteiger charge is -2.36. The molecule has 1 atom stereocenters. The van der Waals surface area contributed by atoms with Gasteiger partial charge in [-0.05, 0) is 6.54 Å². The van der Waals surface area contributed by atoms with E-state index < -0.39 is 12.0 Å². The number of piperazine rings is 1. The molecule has 1 unspecified atom stereocenters. The Kier molecular flexibility index (Phi) is 4.34. The minimum atomic E-state index is -0.902. The predicted molar refractivity (Wildman–Crippen MR) is 69.7 cm³/mol. The molecule has 0 bridgehead atoms. The molecule has 2 amide bonds. The zero-order chi connectivity index (χ0) is 13.1. The zero-order valence-electron chi connectivity index (χ0n) is 10.5. The van der Waals surface area contributed by atoms with Crippen LogP contribution >= 0.6 is 11.8 Å². The molecule has 2 fully saturated rings. The Balaban J connectivity index is 1.93. The maximum Gasteiger partial charge on any atom is 0.327 e. The van der Waals surface area contributed by atoms with E-state index in [0.717, 1.165) is 19.6 Å². The van der Waals surface area contributed by atoms with Crippen LogP contribution < -0.4 is 0 Å². The Hall–Kier alpha value is -0.950. The van der Waals surface area contributed by atoms with Crippen LogP contribution in [0.25, 0.3) is 0 Å². The van der Waals surface area contributed by atoms with Gasteiger partial charge in [0.25, 0.3) is 0 Å². The minimum absolute atomic E-state index is 0.122. The largest absolute Gasteiger partial charge is 0.480 e. The summed E-state index contributed by atoms with van der Waals surface area (Å²) < 4.78 is 0. The molecule has 2 heterocycles. The first-order valence-corrected chi connectivity index (χ1v) is 7.37. The van der Waals surface area contributed by atoms with E-state index >= 15 is 0 Å². The molecule has 0 aliphatic carbocycles. The van der Waals surface area contributed by atoms with Crippen LogP contribution in [-0.4, -0.2) is 82.2 Å². The van der Waals surface area contributed by atoms with E-state index in [9.17, 15) is 9.59 Å². The minimum Gasteiger partial charge on any atom is -0.480 e. The fraction of sp³-hybridized carbons (Fsp3) is 0.818. The van der Waals surface area contributed by atoms with E-state index in [1.165, 1.54) is 16.7 Å². The predicted octanol–water partition coefficient (Wildman–Crippen LogP) is 0.203. The van der Waals surface area contributed by atoms with E-state index in [0.29, 0.717) is 24.7 Å². The van der Waals surface area contributed by atoms with Crippen molar-refractivity contribution in [1.29, 1.82) is 0 Å².